The van der Waals surface area contributed by atoms with E-state index in [0.717, 1.165) is 16.5 Å². The van der Waals surface area contributed by atoms with Crippen LogP contribution in [0.2, 0.25) is 0 Å². The molecule has 1 fully saturated rings. The molecular formula is C21H21N3O5. The SMILES string of the molecule is COc1nc2ccccc2cc1-c1cc(C(=O)N2CCOCC2)ccn1.O=CO. The highest BCUT2D eigenvalue weighted by molar-refractivity contribution is 5.95. The van der Waals surface area contributed by atoms with E-state index in [-0.39, 0.29) is 12.4 Å². The van der Waals surface area contributed by atoms with Gasteiger partial charge in [-0.05, 0) is 24.3 Å². The lowest BCUT2D eigenvalue weighted by atomic mass is 10.1. The van der Waals surface area contributed by atoms with E-state index in [2.05, 4.69) is 9.97 Å². The Bertz CT molecular complexity index is 1000. The Kier molecular flexibility index (Phi) is 6.70. The molecule has 1 amide bonds. The van der Waals surface area contributed by atoms with Crippen LogP contribution in [0.25, 0.3) is 22.2 Å². The fraction of sp³-hybridized carbons (Fsp3) is 0.238. The van der Waals surface area contributed by atoms with E-state index in [9.17, 15) is 4.79 Å². The Hall–Kier alpha value is -3.52. The summed E-state index contributed by atoms with van der Waals surface area (Å²) < 4.78 is 10.8. The van der Waals surface area contributed by atoms with Gasteiger partial charge in [0.25, 0.3) is 12.4 Å². The first-order valence-corrected chi connectivity index (χ1v) is 9.03. The second-order valence-corrected chi connectivity index (χ2v) is 6.18. The molecule has 1 aromatic carbocycles. The number of ether oxygens (including phenoxy) is 2. The Morgan fingerprint density at radius 3 is 2.66 bits per heavy atom. The summed E-state index contributed by atoms with van der Waals surface area (Å²) in [5, 5.41) is 7.88. The molecule has 0 radical (unpaired) electrons. The predicted octanol–water partition coefficient (Wildman–Crippen LogP) is 2.48. The highest BCUT2D eigenvalue weighted by Gasteiger charge is 2.20. The van der Waals surface area contributed by atoms with Gasteiger partial charge in [-0.1, -0.05) is 18.2 Å². The molecule has 0 aliphatic carbocycles. The molecule has 3 aromatic rings. The Morgan fingerprint density at radius 1 is 1.21 bits per heavy atom. The van der Waals surface area contributed by atoms with Gasteiger partial charge in [0.05, 0.1) is 37.1 Å². The maximum absolute atomic E-state index is 12.7. The molecule has 0 saturated carbocycles. The Morgan fingerprint density at radius 2 is 1.93 bits per heavy atom. The zero-order valence-corrected chi connectivity index (χ0v) is 15.9. The maximum Gasteiger partial charge on any atom is 0.290 e. The number of morpholine rings is 1. The maximum atomic E-state index is 12.7. The van der Waals surface area contributed by atoms with Crippen LogP contribution in [0.4, 0.5) is 0 Å². The standard InChI is InChI=1S/C20H19N3O3.CH2O2/c1-25-19-16(12-14-4-2-3-5-17(14)22-19)18-13-15(6-7-21-18)20(24)23-8-10-26-11-9-23;2-1-3/h2-7,12-13H,8-11H2,1H3;1H,(H,2,3). The molecule has 1 aliphatic rings. The zero-order valence-electron chi connectivity index (χ0n) is 15.9. The molecule has 8 nitrogen and oxygen atoms in total. The van der Waals surface area contributed by atoms with Gasteiger partial charge in [0, 0.05) is 30.2 Å². The van der Waals surface area contributed by atoms with E-state index < -0.39 is 0 Å². The highest BCUT2D eigenvalue weighted by atomic mass is 16.5. The summed E-state index contributed by atoms with van der Waals surface area (Å²) in [5.41, 5.74) is 2.89. The predicted molar refractivity (Wildman–Crippen MR) is 107 cm³/mol. The van der Waals surface area contributed by atoms with Crippen LogP contribution in [0.3, 0.4) is 0 Å². The number of carboxylic acid groups (broad SMARTS) is 1. The van der Waals surface area contributed by atoms with Gasteiger partial charge in [-0.3, -0.25) is 14.6 Å². The van der Waals surface area contributed by atoms with Crippen LogP contribution in [0.5, 0.6) is 5.88 Å². The van der Waals surface area contributed by atoms with Crippen molar-refractivity contribution in [1.82, 2.24) is 14.9 Å². The van der Waals surface area contributed by atoms with Crippen molar-refractivity contribution >= 4 is 23.3 Å². The molecule has 1 saturated heterocycles. The number of carbonyl (C=O) groups is 2. The summed E-state index contributed by atoms with van der Waals surface area (Å²) >= 11 is 0. The van der Waals surface area contributed by atoms with Crippen LogP contribution >= 0.6 is 0 Å². The van der Waals surface area contributed by atoms with Gasteiger partial charge >= 0.3 is 0 Å². The van der Waals surface area contributed by atoms with Gasteiger partial charge in [0.1, 0.15) is 0 Å². The first-order chi connectivity index (χ1) is 14.2. The molecule has 1 aliphatic heterocycles. The number of nitrogens with zero attached hydrogens (tertiary/aromatic N) is 3. The van der Waals surface area contributed by atoms with Gasteiger partial charge in [-0.15, -0.1) is 0 Å². The first kappa shape index (κ1) is 20.2. The smallest absolute Gasteiger partial charge is 0.290 e. The van der Waals surface area contributed by atoms with Crippen molar-refractivity contribution in [3.63, 3.8) is 0 Å². The second-order valence-electron chi connectivity index (χ2n) is 6.18. The van der Waals surface area contributed by atoms with E-state index in [1.54, 1.807) is 30.3 Å². The summed E-state index contributed by atoms with van der Waals surface area (Å²) in [6, 6.07) is 13.4. The minimum atomic E-state index is -0.250. The van der Waals surface area contributed by atoms with Crippen LogP contribution in [-0.4, -0.2) is 65.8 Å². The number of hydrogen-bond acceptors (Lipinski definition) is 6. The number of benzene rings is 1. The third kappa shape index (κ3) is 4.67. The third-order valence-corrected chi connectivity index (χ3v) is 4.46. The van der Waals surface area contributed by atoms with Crippen molar-refractivity contribution in [2.75, 3.05) is 33.4 Å². The van der Waals surface area contributed by atoms with Gasteiger partial charge in [0.15, 0.2) is 0 Å². The second kappa shape index (κ2) is 9.61. The number of hydrogen-bond donors (Lipinski definition) is 1. The number of rotatable bonds is 3. The average molecular weight is 395 g/mol. The van der Waals surface area contributed by atoms with E-state index in [0.29, 0.717) is 43.4 Å². The quantitative estimate of drug-likeness (QED) is 0.680. The first-order valence-electron chi connectivity index (χ1n) is 9.03. The third-order valence-electron chi connectivity index (χ3n) is 4.46. The number of para-hydroxylation sites is 1. The lowest BCUT2D eigenvalue weighted by Crippen LogP contribution is -2.40. The van der Waals surface area contributed by atoms with Gasteiger partial charge in [-0.25, -0.2) is 4.98 Å². The zero-order chi connectivity index (χ0) is 20.6. The monoisotopic (exact) mass is 395 g/mol. The summed E-state index contributed by atoms with van der Waals surface area (Å²) in [6.07, 6.45) is 1.65. The molecule has 0 unspecified atom stereocenters. The minimum absolute atomic E-state index is 0.00957. The molecule has 0 atom stereocenters. The lowest BCUT2D eigenvalue weighted by molar-refractivity contribution is -0.122. The molecule has 29 heavy (non-hydrogen) atoms. The molecule has 150 valence electrons. The molecule has 1 N–H and O–H groups in total. The number of pyridine rings is 2. The Labute approximate surface area is 167 Å². The van der Waals surface area contributed by atoms with Crippen molar-refractivity contribution in [2.45, 2.75) is 0 Å². The molecule has 3 heterocycles. The van der Waals surface area contributed by atoms with Crippen LogP contribution in [0, 0.1) is 0 Å². The minimum Gasteiger partial charge on any atom is -0.483 e. The van der Waals surface area contributed by atoms with Crippen molar-refractivity contribution < 1.29 is 24.2 Å². The lowest BCUT2D eigenvalue weighted by Gasteiger charge is -2.26. The van der Waals surface area contributed by atoms with E-state index in [1.807, 2.05) is 30.3 Å². The van der Waals surface area contributed by atoms with E-state index >= 15 is 0 Å². The van der Waals surface area contributed by atoms with Crippen LogP contribution in [0.1, 0.15) is 10.4 Å². The largest absolute Gasteiger partial charge is 0.483 e. The van der Waals surface area contributed by atoms with Gasteiger partial charge < -0.3 is 19.5 Å². The molecule has 8 heteroatoms. The summed E-state index contributed by atoms with van der Waals surface area (Å²) in [4.78, 5) is 31.9. The van der Waals surface area contributed by atoms with Crippen LogP contribution in [-0.2, 0) is 9.53 Å². The van der Waals surface area contributed by atoms with E-state index in [1.165, 1.54) is 0 Å². The number of amides is 1. The molecule has 0 spiro atoms. The normalized spacial score (nSPS) is 13.3. The van der Waals surface area contributed by atoms with Crippen molar-refractivity contribution in [2.24, 2.45) is 0 Å². The average Bonchev–Trinajstić information content (AvgIpc) is 2.79. The number of methoxy groups -OCH3 is 1. The number of aromatic nitrogens is 2. The van der Waals surface area contributed by atoms with Crippen molar-refractivity contribution in [3.05, 3.63) is 54.2 Å². The van der Waals surface area contributed by atoms with Crippen molar-refractivity contribution in [1.29, 1.82) is 0 Å². The topological polar surface area (TPSA) is 102 Å². The molecule has 4 rings (SSSR count). The van der Waals surface area contributed by atoms with Gasteiger partial charge in [-0.2, -0.15) is 0 Å². The van der Waals surface area contributed by atoms with Crippen LogP contribution < -0.4 is 4.74 Å². The fourth-order valence-corrected chi connectivity index (χ4v) is 3.10. The summed E-state index contributed by atoms with van der Waals surface area (Å²) in [6.45, 7) is 2.12. The van der Waals surface area contributed by atoms with Gasteiger partial charge in [0.2, 0.25) is 5.88 Å². The summed E-state index contributed by atoms with van der Waals surface area (Å²) in [7, 11) is 1.59. The van der Waals surface area contributed by atoms with Crippen LogP contribution in [0.15, 0.2) is 48.7 Å². The number of fused-ring (bicyclic) bond motifs is 1. The molecule has 2 aromatic heterocycles. The van der Waals surface area contributed by atoms with E-state index in [4.69, 9.17) is 19.4 Å². The fourth-order valence-electron chi connectivity index (χ4n) is 3.10. The Balaban J connectivity index is 0.000000755. The van der Waals surface area contributed by atoms with Crippen molar-refractivity contribution in [3.8, 4) is 17.1 Å². The number of carbonyl (C=O) groups excluding carboxylic acids is 1. The molecular weight excluding hydrogens is 374 g/mol. The summed E-state index contributed by atoms with van der Waals surface area (Å²) in [5.74, 6) is 0.483. The molecule has 0 bridgehead atoms. The highest BCUT2D eigenvalue weighted by Crippen LogP contribution is 2.30.